The molecule has 1 aliphatic carbocycles. The highest BCUT2D eigenvalue weighted by Crippen LogP contribution is 2.30. The van der Waals surface area contributed by atoms with Gasteiger partial charge in [-0.15, -0.1) is 0 Å². The van der Waals surface area contributed by atoms with Gasteiger partial charge in [-0.2, -0.15) is 0 Å². The lowest BCUT2D eigenvalue weighted by Gasteiger charge is -2.46. The molecule has 0 amide bonds. The molecule has 1 rings (SSSR count). The lowest BCUT2D eigenvalue weighted by Crippen LogP contribution is -2.55. The molecule has 12 heavy (non-hydrogen) atoms. The molecule has 1 atom stereocenters. The molecule has 0 saturated heterocycles. The first-order chi connectivity index (χ1) is 5.64. The van der Waals surface area contributed by atoms with Crippen molar-refractivity contribution in [2.75, 3.05) is 13.6 Å². The molecule has 1 unspecified atom stereocenters. The van der Waals surface area contributed by atoms with Gasteiger partial charge in [-0.05, 0) is 33.2 Å². The standard InChI is InChI=1S/C10H22N2/c1-4-10(2,8-11)12(3)9-6-5-7-9/h9H,4-8,11H2,1-3H3. The highest BCUT2D eigenvalue weighted by atomic mass is 15.2. The molecular formula is C10H22N2. The van der Waals surface area contributed by atoms with Crippen LogP contribution in [0, 0.1) is 0 Å². The minimum Gasteiger partial charge on any atom is -0.329 e. The second kappa shape index (κ2) is 3.75. The van der Waals surface area contributed by atoms with Gasteiger partial charge in [-0.25, -0.2) is 0 Å². The Labute approximate surface area is 76.1 Å². The van der Waals surface area contributed by atoms with Crippen LogP contribution in [0.25, 0.3) is 0 Å². The van der Waals surface area contributed by atoms with E-state index < -0.39 is 0 Å². The summed E-state index contributed by atoms with van der Waals surface area (Å²) in [6.45, 7) is 5.27. The van der Waals surface area contributed by atoms with E-state index in [2.05, 4.69) is 25.8 Å². The molecule has 2 N–H and O–H groups in total. The van der Waals surface area contributed by atoms with Crippen LogP contribution in [-0.2, 0) is 0 Å². The summed E-state index contributed by atoms with van der Waals surface area (Å²) in [6.07, 6.45) is 5.29. The molecule has 0 spiro atoms. The first kappa shape index (κ1) is 10.0. The van der Waals surface area contributed by atoms with E-state index in [0.29, 0.717) is 0 Å². The van der Waals surface area contributed by atoms with Gasteiger partial charge in [-0.3, -0.25) is 4.90 Å². The van der Waals surface area contributed by atoms with Gasteiger partial charge in [-0.1, -0.05) is 13.3 Å². The van der Waals surface area contributed by atoms with E-state index in [1.165, 1.54) is 19.3 Å². The van der Waals surface area contributed by atoms with Crippen molar-refractivity contribution in [2.24, 2.45) is 5.73 Å². The zero-order chi connectivity index (χ0) is 9.19. The summed E-state index contributed by atoms with van der Waals surface area (Å²) in [4.78, 5) is 2.48. The third kappa shape index (κ3) is 1.64. The topological polar surface area (TPSA) is 29.3 Å². The summed E-state index contributed by atoms with van der Waals surface area (Å²) in [5.74, 6) is 0. The highest BCUT2D eigenvalue weighted by molar-refractivity contribution is 4.91. The number of likely N-dealkylation sites (N-methyl/N-ethyl adjacent to an activating group) is 1. The SMILES string of the molecule is CCC(C)(CN)N(C)C1CCC1. The maximum Gasteiger partial charge on any atom is 0.0300 e. The Kier molecular flexibility index (Phi) is 3.13. The molecule has 1 fully saturated rings. The Bertz CT molecular complexity index is 137. The van der Waals surface area contributed by atoms with Gasteiger partial charge in [0.15, 0.2) is 0 Å². The summed E-state index contributed by atoms with van der Waals surface area (Å²) in [5.41, 5.74) is 6.02. The fraction of sp³-hybridized carbons (Fsp3) is 1.00. The number of hydrogen-bond acceptors (Lipinski definition) is 2. The van der Waals surface area contributed by atoms with Crippen LogP contribution < -0.4 is 5.73 Å². The van der Waals surface area contributed by atoms with Gasteiger partial charge >= 0.3 is 0 Å². The quantitative estimate of drug-likeness (QED) is 0.694. The van der Waals surface area contributed by atoms with Crippen LogP contribution >= 0.6 is 0 Å². The molecule has 0 radical (unpaired) electrons. The minimum absolute atomic E-state index is 0.227. The number of hydrogen-bond donors (Lipinski definition) is 1. The smallest absolute Gasteiger partial charge is 0.0300 e. The zero-order valence-corrected chi connectivity index (χ0v) is 8.64. The second-order valence-electron chi connectivity index (χ2n) is 4.25. The third-order valence-electron chi connectivity index (χ3n) is 3.68. The Morgan fingerprint density at radius 3 is 2.33 bits per heavy atom. The van der Waals surface area contributed by atoms with Crippen molar-refractivity contribution in [3.8, 4) is 0 Å². The monoisotopic (exact) mass is 170 g/mol. The highest BCUT2D eigenvalue weighted by Gasteiger charge is 2.33. The lowest BCUT2D eigenvalue weighted by molar-refractivity contribution is 0.0473. The first-order valence-corrected chi connectivity index (χ1v) is 5.07. The molecular weight excluding hydrogens is 148 g/mol. The van der Waals surface area contributed by atoms with Crippen molar-refractivity contribution in [3.63, 3.8) is 0 Å². The number of nitrogens with zero attached hydrogens (tertiary/aromatic N) is 1. The molecule has 0 aliphatic heterocycles. The predicted molar refractivity (Wildman–Crippen MR) is 53.2 cm³/mol. The molecule has 1 saturated carbocycles. The fourth-order valence-electron chi connectivity index (χ4n) is 1.75. The summed E-state index contributed by atoms with van der Waals surface area (Å²) in [5, 5.41) is 0. The third-order valence-corrected chi connectivity index (χ3v) is 3.68. The van der Waals surface area contributed by atoms with E-state index in [1.807, 2.05) is 0 Å². The fourth-order valence-corrected chi connectivity index (χ4v) is 1.75. The van der Waals surface area contributed by atoms with Gasteiger partial charge in [0.05, 0.1) is 0 Å². The summed E-state index contributed by atoms with van der Waals surface area (Å²) in [6, 6.07) is 0.804. The molecule has 72 valence electrons. The van der Waals surface area contributed by atoms with Crippen LogP contribution in [0.15, 0.2) is 0 Å². The van der Waals surface area contributed by atoms with Gasteiger partial charge in [0, 0.05) is 18.1 Å². The van der Waals surface area contributed by atoms with Gasteiger partial charge in [0.1, 0.15) is 0 Å². The van der Waals surface area contributed by atoms with E-state index in [0.717, 1.165) is 19.0 Å². The first-order valence-electron chi connectivity index (χ1n) is 5.07. The van der Waals surface area contributed by atoms with Crippen LogP contribution in [-0.4, -0.2) is 30.1 Å². The van der Waals surface area contributed by atoms with Crippen molar-refractivity contribution in [1.82, 2.24) is 4.90 Å². The lowest BCUT2D eigenvalue weighted by atomic mass is 9.86. The van der Waals surface area contributed by atoms with Crippen molar-refractivity contribution < 1.29 is 0 Å². The maximum absolute atomic E-state index is 5.79. The average Bonchev–Trinajstić information content (AvgIpc) is 2.00. The largest absolute Gasteiger partial charge is 0.329 e. The van der Waals surface area contributed by atoms with Gasteiger partial charge in [0.25, 0.3) is 0 Å². The van der Waals surface area contributed by atoms with Crippen LogP contribution in [0.2, 0.25) is 0 Å². The van der Waals surface area contributed by atoms with E-state index in [9.17, 15) is 0 Å². The van der Waals surface area contributed by atoms with Gasteiger partial charge < -0.3 is 5.73 Å². The van der Waals surface area contributed by atoms with E-state index >= 15 is 0 Å². The minimum atomic E-state index is 0.227. The number of nitrogens with two attached hydrogens (primary N) is 1. The molecule has 0 aromatic rings. The number of rotatable bonds is 4. The van der Waals surface area contributed by atoms with E-state index in [4.69, 9.17) is 5.73 Å². The maximum atomic E-state index is 5.79. The van der Waals surface area contributed by atoms with Crippen LogP contribution in [0.3, 0.4) is 0 Å². The Morgan fingerprint density at radius 1 is 1.50 bits per heavy atom. The zero-order valence-electron chi connectivity index (χ0n) is 8.64. The Balaban J connectivity index is 2.51. The van der Waals surface area contributed by atoms with Crippen LogP contribution in [0.5, 0.6) is 0 Å². The second-order valence-corrected chi connectivity index (χ2v) is 4.25. The van der Waals surface area contributed by atoms with Crippen molar-refractivity contribution in [1.29, 1.82) is 0 Å². The molecule has 1 aliphatic rings. The van der Waals surface area contributed by atoms with Gasteiger partial charge in [0.2, 0.25) is 0 Å². The van der Waals surface area contributed by atoms with E-state index in [-0.39, 0.29) is 5.54 Å². The van der Waals surface area contributed by atoms with Crippen molar-refractivity contribution in [3.05, 3.63) is 0 Å². The molecule has 0 aromatic heterocycles. The van der Waals surface area contributed by atoms with Crippen molar-refractivity contribution in [2.45, 2.75) is 51.1 Å². The van der Waals surface area contributed by atoms with Crippen LogP contribution in [0.1, 0.15) is 39.5 Å². The molecule has 2 nitrogen and oxygen atoms in total. The Hall–Kier alpha value is -0.0800. The normalized spacial score (nSPS) is 23.8. The molecule has 0 heterocycles. The van der Waals surface area contributed by atoms with Crippen molar-refractivity contribution >= 4 is 0 Å². The average molecular weight is 170 g/mol. The van der Waals surface area contributed by atoms with E-state index in [1.54, 1.807) is 0 Å². The summed E-state index contributed by atoms with van der Waals surface area (Å²) >= 11 is 0. The summed E-state index contributed by atoms with van der Waals surface area (Å²) in [7, 11) is 2.22. The molecule has 0 aromatic carbocycles. The molecule has 0 bridgehead atoms. The molecule has 2 heteroatoms. The predicted octanol–water partition coefficient (Wildman–Crippen LogP) is 1.60. The summed E-state index contributed by atoms with van der Waals surface area (Å²) < 4.78 is 0. The Morgan fingerprint density at radius 2 is 2.08 bits per heavy atom. The van der Waals surface area contributed by atoms with Crippen LogP contribution in [0.4, 0.5) is 0 Å².